The minimum absolute atomic E-state index is 0.0417. The highest BCUT2D eigenvalue weighted by Gasteiger charge is 2.24. The number of carbonyl (C=O) groups is 1. The highest BCUT2D eigenvalue weighted by atomic mass is 32.2. The zero-order valence-electron chi connectivity index (χ0n) is 18.4. The molecule has 0 unspecified atom stereocenters. The van der Waals surface area contributed by atoms with Crippen LogP contribution in [0.3, 0.4) is 0 Å². The van der Waals surface area contributed by atoms with Crippen LogP contribution in [0.15, 0.2) is 63.9 Å². The van der Waals surface area contributed by atoms with Gasteiger partial charge in [0.05, 0.1) is 5.52 Å². The van der Waals surface area contributed by atoms with Crippen molar-refractivity contribution in [1.29, 1.82) is 0 Å². The standard InChI is InChI=1S/C24H25N3O4S/c1-15(2)12-18-10-8-16-6-5-7-22(23(16)25-18)32(29,30)26-24(28)21-13-17-9-11-19(27(3)4)14-20(17)31-21/h5-11,13-15H,12H2,1-4H3,(H,26,28). The van der Waals surface area contributed by atoms with E-state index in [4.69, 9.17) is 4.42 Å². The van der Waals surface area contributed by atoms with E-state index in [2.05, 4.69) is 23.6 Å². The Kier molecular flexibility index (Phi) is 5.64. The van der Waals surface area contributed by atoms with Crippen LogP contribution in [0, 0.1) is 5.92 Å². The average Bonchev–Trinajstić information content (AvgIpc) is 3.16. The summed E-state index contributed by atoms with van der Waals surface area (Å²) in [6, 6.07) is 15.7. The number of nitrogens with zero attached hydrogens (tertiary/aromatic N) is 2. The van der Waals surface area contributed by atoms with Crippen LogP contribution < -0.4 is 9.62 Å². The molecular weight excluding hydrogens is 426 g/mol. The molecule has 0 bridgehead atoms. The predicted molar refractivity (Wildman–Crippen MR) is 125 cm³/mol. The summed E-state index contributed by atoms with van der Waals surface area (Å²) in [5, 5.41) is 1.40. The maximum atomic E-state index is 13.1. The molecule has 0 aliphatic heterocycles. The lowest BCUT2D eigenvalue weighted by Crippen LogP contribution is -2.30. The molecule has 0 spiro atoms. The Balaban J connectivity index is 1.67. The second-order valence-corrected chi connectivity index (χ2v) is 10.0. The number of benzene rings is 2. The van der Waals surface area contributed by atoms with E-state index < -0.39 is 15.9 Å². The van der Waals surface area contributed by atoms with E-state index in [9.17, 15) is 13.2 Å². The Morgan fingerprint density at radius 2 is 1.81 bits per heavy atom. The minimum atomic E-state index is -4.17. The van der Waals surface area contributed by atoms with Crippen molar-refractivity contribution in [2.24, 2.45) is 5.92 Å². The van der Waals surface area contributed by atoms with Crippen LogP contribution >= 0.6 is 0 Å². The second-order valence-electron chi connectivity index (χ2n) is 8.39. The van der Waals surface area contributed by atoms with Crippen LogP contribution in [0.5, 0.6) is 0 Å². The number of rotatable bonds is 6. The fourth-order valence-corrected chi connectivity index (χ4v) is 4.68. The summed E-state index contributed by atoms with van der Waals surface area (Å²) in [5.41, 5.74) is 2.55. The van der Waals surface area contributed by atoms with Crippen molar-refractivity contribution < 1.29 is 17.6 Å². The molecule has 4 aromatic rings. The lowest BCUT2D eigenvalue weighted by atomic mass is 10.1. The minimum Gasteiger partial charge on any atom is -0.451 e. The molecule has 8 heteroatoms. The van der Waals surface area contributed by atoms with Gasteiger partial charge in [0.15, 0.2) is 5.76 Å². The van der Waals surface area contributed by atoms with Crippen LogP contribution in [0.25, 0.3) is 21.9 Å². The number of carbonyl (C=O) groups excluding carboxylic acids is 1. The highest BCUT2D eigenvalue weighted by Crippen LogP contribution is 2.26. The van der Waals surface area contributed by atoms with E-state index >= 15 is 0 Å². The number of fused-ring (bicyclic) bond motifs is 2. The number of hydrogen-bond donors (Lipinski definition) is 1. The lowest BCUT2D eigenvalue weighted by Gasteiger charge is -2.11. The zero-order chi connectivity index (χ0) is 23.0. The van der Waals surface area contributed by atoms with Gasteiger partial charge in [-0.3, -0.25) is 9.78 Å². The van der Waals surface area contributed by atoms with Crippen molar-refractivity contribution in [3.05, 3.63) is 66.1 Å². The molecule has 0 saturated carbocycles. The number of pyridine rings is 1. The van der Waals surface area contributed by atoms with Crippen molar-refractivity contribution in [3.8, 4) is 0 Å². The maximum absolute atomic E-state index is 13.1. The fourth-order valence-electron chi connectivity index (χ4n) is 3.55. The molecule has 0 radical (unpaired) electrons. The normalized spacial score (nSPS) is 11.9. The summed E-state index contributed by atoms with van der Waals surface area (Å²) in [6.07, 6.45) is 0.727. The van der Waals surface area contributed by atoms with Gasteiger partial charge in [-0.15, -0.1) is 0 Å². The third kappa shape index (κ3) is 4.31. The van der Waals surface area contributed by atoms with Gasteiger partial charge in [0.25, 0.3) is 10.0 Å². The van der Waals surface area contributed by atoms with Crippen LogP contribution in [0.4, 0.5) is 5.69 Å². The van der Waals surface area contributed by atoms with Gasteiger partial charge in [-0.25, -0.2) is 13.1 Å². The van der Waals surface area contributed by atoms with Crippen molar-refractivity contribution >= 4 is 43.5 Å². The first-order valence-electron chi connectivity index (χ1n) is 10.3. The quantitative estimate of drug-likeness (QED) is 0.468. The first-order valence-corrected chi connectivity index (χ1v) is 11.8. The molecule has 32 heavy (non-hydrogen) atoms. The molecule has 1 N–H and O–H groups in total. The second kappa shape index (κ2) is 8.27. The molecule has 0 atom stereocenters. The number of amides is 1. The number of hydrogen-bond acceptors (Lipinski definition) is 6. The summed E-state index contributed by atoms with van der Waals surface area (Å²) < 4.78 is 34.0. The molecule has 0 fully saturated rings. The van der Waals surface area contributed by atoms with E-state index in [-0.39, 0.29) is 10.7 Å². The Hall–Kier alpha value is -3.39. The van der Waals surface area contributed by atoms with Gasteiger partial charge in [0.2, 0.25) is 0 Å². The van der Waals surface area contributed by atoms with Crippen LogP contribution in [-0.2, 0) is 16.4 Å². The van der Waals surface area contributed by atoms with E-state index in [0.29, 0.717) is 27.8 Å². The molecule has 2 heterocycles. The summed E-state index contributed by atoms with van der Waals surface area (Å²) >= 11 is 0. The molecule has 0 aliphatic carbocycles. The van der Waals surface area contributed by atoms with E-state index in [1.54, 1.807) is 18.2 Å². The van der Waals surface area contributed by atoms with Crippen molar-refractivity contribution in [3.63, 3.8) is 0 Å². The van der Waals surface area contributed by atoms with Crippen molar-refractivity contribution in [2.75, 3.05) is 19.0 Å². The number of sulfonamides is 1. The van der Waals surface area contributed by atoms with Gasteiger partial charge in [-0.1, -0.05) is 32.0 Å². The lowest BCUT2D eigenvalue weighted by molar-refractivity contribution is 0.0956. The topological polar surface area (TPSA) is 92.5 Å². The Morgan fingerprint density at radius 3 is 2.53 bits per heavy atom. The highest BCUT2D eigenvalue weighted by molar-refractivity contribution is 7.90. The SMILES string of the molecule is CC(C)Cc1ccc2cccc(S(=O)(=O)NC(=O)c3cc4ccc(N(C)C)cc4o3)c2n1. The fraction of sp³-hybridized carbons (Fsp3) is 0.250. The molecule has 0 saturated heterocycles. The van der Waals surface area contributed by atoms with Gasteiger partial charge in [0, 0.05) is 42.3 Å². The van der Waals surface area contributed by atoms with Gasteiger partial charge in [-0.05, 0) is 42.7 Å². The van der Waals surface area contributed by atoms with E-state index in [1.807, 2.05) is 43.3 Å². The third-order valence-electron chi connectivity index (χ3n) is 5.12. The molecule has 2 aromatic carbocycles. The van der Waals surface area contributed by atoms with Crippen LogP contribution in [0.1, 0.15) is 30.1 Å². The number of anilines is 1. The molecule has 7 nitrogen and oxygen atoms in total. The van der Waals surface area contributed by atoms with Crippen molar-refractivity contribution in [1.82, 2.24) is 9.71 Å². The number of para-hydroxylation sites is 1. The number of furan rings is 1. The van der Waals surface area contributed by atoms with Gasteiger partial charge >= 0.3 is 5.91 Å². The Bertz CT molecular complexity index is 1420. The van der Waals surface area contributed by atoms with Gasteiger partial charge in [0.1, 0.15) is 10.5 Å². The summed E-state index contributed by atoms with van der Waals surface area (Å²) in [7, 11) is -0.373. The third-order valence-corrected chi connectivity index (χ3v) is 6.48. The zero-order valence-corrected chi connectivity index (χ0v) is 19.2. The Morgan fingerprint density at radius 1 is 1.06 bits per heavy atom. The van der Waals surface area contributed by atoms with Gasteiger partial charge in [-0.2, -0.15) is 0 Å². The van der Waals surface area contributed by atoms with Crippen LogP contribution in [0.2, 0.25) is 0 Å². The van der Waals surface area contributed by atoms with Crippen molar-refractivity contribution in [2.45, 2.75) is 25.2 Å². The molecule has 0 aliphatic rings. The first kappa shape index (κ1) is 21.8. The molecule has 166 valence electrons. The molecule has 4 rings (SSSR count). The molecular formula is C24H25N3O4S. The predicted octanol–water partition coefficient (Wildman–Crippen LogP) is 4.36. The van der Waals surface area contributed by atoms with Crippen LogP contribution in [-0.4, -0.2) is 33.4 Å². The largest absolute Gasteiger partial charge is 0.451 e. The maximum Gasteiger partial charge on any atom is 0.300 e. The Labute approximate surface area is 187 Å². The number of aromatic nitrogens is 1. The smallest absolute Gasteiger partial charge is 0.300 e. The first-order chi connectivity index (χ1) is 15.1. The summed E-state index contributed by atoms with van der Waals surface area (Å²) in [4.78, 5) is 19.2. The summed E-state index contributed by atoms with van der Waals surface area (Å²) in [5.74, 6) is -0.527. The number of nitrogens with one attached hydrogen (secondary N) is 1. The van der Waals surface area contributed by atoms with E-state index in [1.165, 1.54) is 12.1 Å². The summed E-state index contributed by atoms with van der Waals surface area (Å²) in [6.45, 7) is 4.15. The van der Waals surface area contributed by atoms with E-state index in [0.717, 1.165) is 17.8 Å². The molecule has 2 aromatic heterocycles. The molecule has 1 amide bonds. The monoisotopic (exact) mass is 451 g/mol. The average molecular weight is 452 g/mol. The van der Waals surface area contributed by atoms with Gasteiger partial charge < -0.3 is 9.32 Å².